The second-order valence-corrected chi connectivity index (χ2v) is 10.8. The Bertz CT molecular complexity index is 1300. The highest BCUT2D eigenvalue weighted by atomic mass is 31.2. The van der Waals surface area contributed by atoms with Crippen LogP contribution in [0.25, 0.3) is 22.2 Å². The van der Waals surface area contributed by atoms with Crippen molar-refractivity contribution in [1.82, 2.24) is 4.98 Å². The minimum Gasteiger partial charge on any atom is -0.481 e. The number of fused-ring (bicyclic) bond motifs is 1. The highest BCUT2D eigenvalue weighted by Crippen LogP contribution is 2.42. The fraction of sp³-hybridized carbons (Fsp3) is 0.280. The van der Waals surface area contributed by atoms with Gasteiger partial charge in [0.1, 0.15) is 5.82 Å². The number of pyridine rings is 1. The van der Waals surface area contributed by atoms with E-state index in [9.17, 15) is 23.7 Å². The summed E-state index contributed by atoms with van der Waals surface area (Å²) >= 11 is 0. The predicted molar refractivity (Wildman–Crippen MR) is 126 cm³/mol. The van der Waals surface area contributed by atoms with E-state index < -0.39 is 43.3 Å². The van der Waals surface area contributed by atoms with Crippen molar-refractivity contribution in [3.05, 3.63) is 65.5 Å². The average Bonchev–Trinajstić information content (AvgIpc) is 2.70. The molecule has 0 saturated heterocycles. The molecule has 3 rings (SSSR count). The van der Waals surface area contributed by atoms with Crippen LogP contribution in [-0.2, 0) is 14.8 Å². The van der Waals surface area contributed by atoms with E-state index in [2.05, 4.69) is 11.6 Å². The molecule has 6 nitrogen and oxygen atoms in total. The molecule has 0 aliphatic carbocycles. The molecule has 3 aromatic rings. The first-order valence-corrected chi connectivity index (χ1v) is 12.2. The minimum absolute atomic E-state index is 0.407. The summed E-state index contributed by atoms with van der Waals surface area (Å²) in [5.74, 6) is 1.13. The van der Waals surface area contributed by atoms with Gasteiger partial charge in [-0.15, -0.1) is 0 Å². The molecule has 2 aromatic carbocycles. The van der Waals surface area contributed by atoms with Gasteiger partial charge in [0, 0.05) is 10.9 Å². The smallest absolute Gasteiger partial charge is 0.305 e. The molecule has 2 unspecified atom stereocenters. The molecule has 0 aliphatic rings. The fourth-order valence-electron chi connectivity index (χ4n) is 3.67. The van der Waals surface area contributed by atoms with Crippen molar-refractivity contribution in [3.63, 3.8) is 0 Å². The Morgan fingerprint density at radius 1 is 1.15 bits per heavy atom. The summed E-state index contributed by atoms with van der Waals surface area (Å²) in [6.07, 6.45) is -2.82. The summed E-state index contributed by atoms with van der Waals surface area (Å²) in [5, 5.41) is 19.4. The number of para-hydroxylation sites is 1. The van der Waals surface area contributed by atoms with Crippen molar-refractivity contribution in [3.8, 4) is 22.8 Å². The maximum atomic E-state index is 13.6. The second-order valence-electron chi connectivity index (χ2n) is 8.86. The van der Waals surface area contributed by atoms with E-state index in [-0.39, 0.29) is 0 Å². The van der Waals surface area contributed by atoms with Gasteiger partial charge in [-0.05, 0) is 47.0 Å². The van der Waals surface area contributed by atoms with Crippen LogP contribution >= 0.6 is 7.37 Å². The molecule has 0 saturated carbocycles. The quantitative estimate of drug-likeness (QED) is 0.368. The van der Waals surface area contributed by atoms with Gasteiger partial charge in [0.2, 0.25) is 0 Å². The molecule has 33 heavy (non-hydrogen) atoms. The molecule has 3 N–H and O–H groups in total. The molecule has 0 bridgehead atoms. The minimum atomic E-state index is -4.18. The van der Waals surface area contributed by atoms with Gasteiger partial charge in [-0.25, -0.2) is 9.37 Å². The van der Waals surface area contributed by atoms with Gasteiger partial charge in [-0.1, -0.05) is 44.9 Å². The van der Waals surface area contributed by atoms with Crippen molar-refractivity contribution in [1.29, 1.82) is 0 Å². The number of halogens is 1. The number of aromatic nitrogens is 1. The number of aliphatic hydroxyl groups excluding tert-OH is 1. The van der Waals surface area contributed by atoms with Gasteiger partial charge in [0.25, 0.3) is 7.37 Å². The second kappa shape index (κ2) is 9.44. The topological polar surface area (TPSA) is 108 Å². The number of rotatable bonds is 5. The van der Waals surface area contributed by atoms with Gasteiger partial charge in [-0.3, -0.25) is 9.36 Å². The van der Waals surface area contributed by atoms with Crippen LogP contribution in [-0.4, -0.2) is 38.3 Å². The van der Waals surface area contributed by atoms with Crippen molar-refractivity contribution >= 4 is 24.2 Å². The van der Waals surface area contributed by atoms with E-state index in [0.29, 0.717) is 22.3 Å². The van der Waals surface area contributed by atoms with Gasteiger partial charge in [-0.2, -0.15) is 0 Å². The number of hydrogen-bond acceptors (Lipinski definition) is 4. The molecule has 8 heteroatoms. The molecule has 1 aromatic heterocycles. The summed E-state index contributed by atoms with van der Waals surface area (Å²) in [5.41, 5.74) is 4.92. The number of carboxylic acid groups (broad SMARTS) is 1. The van der Waals surface area contributed by atoms with E-state index in [0.717, 1.165) is 10.9 Å². The molecule has 172 valence electrons. The Morgan fingerprint density at radius 3 is 2.39 bits per heavy atom. The lowest BCUT2D eigenvalue weighted by molar-refractivity contribution is -0.138. The van der Waals surface area contributed by atoms with Crippen LogP contribution in [0.4, 0.5) is 4.39 Å². The highest BCUT2D eigenvalue weighted by molar-refractivity contribution is 7.63. The number of aliphatic carboxylic acids is 1. The molecule has 0 fully saturated rings. The van der Waals surface area contributed by atoms with Crippen molar-refractivity contribution in [2.75, 3.05) is 6.16 Å². The van der Waals surface area contributed by atoms with Crippen LogP contribution in [0.2, 0.25) is 0 Å². The number of carbonyl (C=O) groups is 1. The number of aliphatic hydroxyl groups is 1. The van der Waals surface area contributed by atoms with Crippen LogP contribution < -0.4 is 0 Å². The number of carboxylic acids is 1. The first-order valence-electron chi connectivity index (χ1n) is 10.3. The largest absolute Gasteiger partial charge is 0.481 e. The Balaban J connectivity index is 2.26. The van der Waals surface area contributed by atoms with Crippen molar-refractivity contribution < 1.29 is 28.9 Å². The lowest BCUT2D eigenvalue weighted by Crippen LogP contribution is -2.17. The average molecular weight is 469 g/mol. The molecule has 0 spiro atoms. The highest BCUT2D eigenvalue weighted by Gasteiger charge is 2.26. The molecule has 1 heterocycles. The maximum absolute atomic E-state index is 13.6. The van der Waals surface area contributed by atoms with E-state index >= 15 is 0 Å². The van der Waals surface area contributed by atoms with Crippen LogP contribution in [0.1, 0.15) is 38.3 Å². The lowest BCUT2D eigenvalue weighted by Gasteiger charge is -2.25. The summed E-state index contributed by atoms with van der Waals surface area (Å²) in [6.45, 7) is 5.97. The van der Waals surface area contributed by atoms with E-state index in [1.54, 1.807) is 12.1 Å². The summed E-state index contributed by atoms with van der Waals surface area (Å²) in [6, 6.07) is 13.2. The Hall–Kier alpha value is -3.04. The summed E-state index contributed by atoms with van der Waals surface area (Å²) in [4.78, 5) is 25.8. The van der Waals surface area contributed by atoms with Crippen LogP contribution in [0.15, 0.2) is 48.5 Å². The standard InChI is InChI=1S/C25H25FNO5P/c1-25(2,3)23-19-6-4-5-7-21(19)27-24(16-8-10-17(26)11-9-16)20(23)12-13-33(31,32)15-18(28)14-22(29)30/h4-11,18,28H,14-15H2,1-3H3,(H,29,30)(H,31,32). The third-order valence-electron chi connectivity index (χ3n) is 4.98. The van der Waals surface area contributed by atoms with Crippen molar-refractivity contribution in [2.45, 2.75) is 38.7 Å². The van der Waals surface area contributed by atoms with Crippen LogP contribution in [0, 0.1) is 17.4 Å². The zero-order valence-electron chi connectivity index (χ0n) is 18.5. The van der Waals surface area contributed by atoms with E-state index in [4.69, 9.17) is 10.1 Å². The number of hydrogen-bond donors (Lipinski definition) is 3. The van der Waals surface area contributed by atoms with Crippen LogP contribution in [0.3, 0.4) is 0 Å². The summed E-state index contributed by atoms with van der Waals surface area (Å²) in [7, 11) is -4.18. The fourth-order valence-corrected chi connectivity index (χ4v) is 4.75. The SMILES string of the molecule is CC(C)(C)c1c(C#CP(=O)(O)CC(O)CC(=O)O)c(-c2ccc(F)cc2)nc2ccccc12. The first kappa shape index (κ1) is 24.6. The molecule has 0 amide bonds. The van der Waals surface area contributed by atoms with Gasteiger partial charge in [0.05, 0.1) is 35.5 Å². The summed E-state index contributed by atoms with van der Waals surface area (Å²) < 4.78 is 26.2. The van der Waals surface area contributed by atoms with Gasteiger partial charge >= 0.3 is 5.97 Å². The zero-order valence-corrected chi connectivity index (χ0v) is 19.4. The first-order chi connectivity index (χ1) is 15.4. The Labute approximate surface area is 191 Å². The number of nitrogens with zero attached hydrogens (tertiary/aromatic N) is 1. The van der Waals surface area contributed by atoms with Gasteiger partial charge in [0.15, 0.2) is 0 Å². The zero-order chi connectivity index (χ0) is 24.4. The Kier molecular flexibility index (Phi) is 7.04. The lowest BCUT2D eigenvalue weighted by atomic mass is 9.80. The molecule has 0 radical (unpaired) electrons. The van der Waals surface area contributed by atoms with E-state index in [1.807, 2.05) is 45.0 Å². The van der Waals surface area contributed by atoms with Crippen LogP contribution in [0.5, 0.6) is 0 Å². The maximum Gasteiger partial charge on any atom is 0.305 e. The third-order valence-corrected chi connectivity index (χ3v) is 6.36. The van der Waals surface area contributed by atoms with Crippen molar-refractivity contribution in [2.24, 2.45) is 0 Å². The molecule has 0 aliphatic heterocycles. The molecular weight excluding hydrogens is 444 g/mol. The van der Waals surface area contributed by atoms with Gasteiger partial charge < -0.3 is 15.1 Å². The molecule has 2 atom stereocenters. The molecular formula is C25H25FNO5P. The normalized spacial score (nSPS) is 14.2. The third kappa shape index (κ3) is 6.06. The van der Waals surface area contributed by atoms with E-state index in [1.165, 1.54) is 12.1 Å². The Morgan fingerprint density at radius 2 is 1.79 bits per heavy atom. The monoisotopic (exact) mass is 469 g/mol. The number of benzene rings is 2. The predicted octanol–water partition coefficient (Wildman–Crippen LogP) is 4.75.